The molecule has 1 saturated carbocycles. The summed E-state index contributed by atoms with van der Waals surface area (Å²) in [6.07, 6.45) is -1.90. The third-order valence-corrected chi connectivity index (χ3v) is 7.92. The molecule has 0 aromatic heterocycles. The van der Waals surface area contributed by atoms with Gasteiger partial charge in [-0.05, 0) is 62.6 Å². The lowest BCUT2D eigenvalue weighted by molar-refractivity contribution is -0.541. The van der Waals surface area contributed by atoms with Crippen molar-refractivity contribution in [1.29, 1.82) is 0 Å². The molecule has 5 aliphatic rings. The topological polar surface area (TPSA) is 66.0 Å². The Kier molecular flexibility index (Phi) is 4.95. The van der Waals surface area contributed by atoms with Crippen molar-refractivity contribution in [1.82, 2.24) is 5.32 Å². The zero-order valence-corrected chi connectivity index (χ0v) is 18.3. The molecule has 6 rings (SSSR count). The second-order valence-corrected chi connectivity index (χ2v) is 9.96. The second-order valence-electron chi connectivity index (χ2n) is 9.96. The van der Waals surface area contributed by atoms with Crippen LogP contribution in [-0.4, -0.2) is 29.2 Å². The van der Waals surface area contributed by atoms with E-state index in [1.807, 2.05) is 6.92 Å². The van der Waals surface area contributed by atoms with Crippen LogP contribution in [0.4, 0.5) is 13.2 Å². The van der Waals surface area contributed by atoms with Crippen molar-refractivity contribution in [3.8, 4) is 0 Å². The van der Waals surface area contributed by atoms with E-state index in [0.717, 1.165) is 31.4 Å². The Morgan fingerprint density at radius 2 is 1.81 bits per heavy atom. The third kappa shape index (κ3) is 3.20. The molecule has 5 fully saturated rings. The van der Waals surface area contributed by atoms with Gasteiger partial charge in [0.15, 0.2) is 17.5 Å². The van der Waals surface area contributed by atoms with E-state index in [1.165, 1.54) is 12.1 Å². The largest absolute Gasteiger partial charge is 0.416 e. The summed E-state index contributed by atoms with van der Waals surface area (Å²) in [4.78, 5) is 25.1. The molecule has 32 heavy (non-hydrogen) atoms. The SMILES string of the molecule is C[C@@H]1CCC2[C@]34OO[C@](C)(CC[C@@H]13)O[C@H]4O[C@]2(C)C(=O)NCc1ccc(C(F)(F)F)cc1. The molecule has 7 atom stereocenters. The summed E-state index contributed by atoms with van der Waals surface area (Å²) in [7, 11) is 0. The highest BCUT2D eigenvalue weighted by molar-refractivity contribution is 5.86. The van der Waals surface area contributed by atoms with E-state index in [1.54, 1.807) is 6.92 Å². The molecule has 1 aromatic carbocycles. The summed E-state index contributed by atoms with van der Waals surface area (Å²) in [5.41, 5.74) is -2.21. The highest BCUT2D eigenvalue weighted by Gasteiger charge is 2.75. The van der Waals surface area contributed by atoms with E-state index < -0.39 is 35.0 Å². The number of carbonyl (C=O) groups is 1. The van der Waals surface area contributed by atoms with Gasteiger partial charge in [-0.2, -0.15) is 13.2 Å². The summed E-state index contributed by atoms with van der Waals surface area (Å²) >= 11 is 0. The van der Waals surface area contributed by atoms with E-state index in [4.69, 9.17) is 19.2 Å². The van der Waals surface area contributed by atoms with E-state index in [0.29, 0.717) is 17.9 Å². The van der Waals surface area contributed by atoms with Crippen LogP contribution in [0.25, 0.3) is 0 Å². The molecule has 0 radical (unpaired) electrons. The second kappa shape index (κ2) is 7.16. The fraction of sp³-hybridized carbons (Fsp3) is 0.696. The molecule has 1 N–H and O–H groups in total. The highest BCUT2D eigenvalue weighted by atomic mass is 19.4. The predicted molar refractivity (Wildman–Crippen MR) is 106 cm³/mol. The minimum Gasteiger partial charge on any atom is -0.350 e. The molecule has 4 saturated heterocycles. The lowest BCUT2D eigenvalue weighted by atomic mass is 9.59. The van der Waals surface area contributed by atoms with Gasteiger partial charge < -0.3 is 14.8 Å². The first-order valence-corrected chi connectivity index (χ1v) is 11.1. The Hall–Kier alpha value is -1.68. The minimum absolute atomic E-state index is 0.0933. The van der Waals surface area contributed by atoms with Gasteiger partial charge in [0.25, 0.3) is 5.91 Å². The minimum atomic E-state index is -4.40. The summed E-state index contributed by atoms with van der Waals surface area (Å²) in [6, 6.07) is 4.75. The maximum Gasteiger partial charge on any atom is 0.416 e. The van der Waals surface area contributed by atoms with Crippen molar-refractivity contribution < 1.29 is 37.2 Å². The lowest BCUT2D eigenvalue weighted by Crippen LogP contribution is -2.62. The molecular weight excluding hydrogens is 427 g/mol. The number of nitrogens with one attached hydrogen (secondary N) is 1. The summed E-state index contributed by atoms with van der Waals surface area (Å²) < 4.78 is 50.9. The molecule has 4 aliphatic heterocycles. The van der Waals surface area contributed by atoms with E-state index in [-0.39, 0.29) is 24.3 Å². The molecule has 9 heteroatoms. The van der Waals surface area contributed by atoms with Crippen LogP contribution in [0.15, 0.2) is 24.3 Å². The molecule has 176 valence electrons. The first-order chi connectivity index (χ1) is 15.0. The highest BCUT2D eigenvalue weighted by Crippen LogP contribution is 2.63. The van der Waals surface area contributed by atoms with Crippen molar-refractivity contribution in [2.75, 3.05) is 0 Å². The maximum atomic E-state index is 13.4. The molecule has 2 bridgehead atoms. The van der Waals surface area contributed by atoms with Crippen molar-refractivity contribution in [2.24, 2.45) is 17.8 Å². The van der Waals surface area contributed by atoms with Crippen molar-refractivity contribution in [3.63, 3.8) is 0 Å². The number of fused-ring (bicyclic) bond motifs is 2. The number of amides is 1. The molecule has 4 heterocycles. The van der Waals surface area contributed by atoms with Gasteiger partial charge in [-0.3, -0.25) is 4.79 Å². The fourth-order valence-electron chi connectivity index (χ4n) is 6.09. The number of hydrogen-bond acceptors (Lipinski definition) is 5. The molecule has 1 aromatic rings. The zero-order valence-electron chi connectivity index (χ0n) is 18.3. The number of hydrogen-bond donors (Lipinski definition) is 1. The Labute approximate surface area is 184 Å². The lowest BCUT2D eigenvalue weighted by Gasteiger charge is -2.50. The molecule has 1 amide bonds. The van der Waals surface area contributed by atoms with E-state index in [2.05, 4.69) is 12.2 Å². The molecular formula is C23H28F3NO5. The van der Waals surface area contributed by atoms with Crippen molar-refractivity contribution >= 4 is 5.91 Å². The van der Waals surface area contributed by atoms with Gasteiger partial charge in [0.1, 0.15) is 0 Å². The Balaban J connectivity index is 1.37. The standard InChI is InChI=1S/C23H28F3NO5/c1-13-4-9-17-21(3,18(28)27-12-14-5-7-15(8-6-14)23(24,25)26)30-19-22(17)16(13)10-11-20(2,29-19)31-32-22/h5-8,13,16-17,19H,4,9-12H2,1-3H3,(H,27,28)/t13-,16+,17?,19+,20-,21+,22-/m1/s1. The van der Waals surface area contributed by atoms with Gasteiger partial charge in [0, 0.05) is 18.9 Å². The summed E-state index contributed by atoms with van der Waals surface area (Å²) in [6.45, 7) is 5.85. The van der Waals surface area contributed by atoms with Gasteiger partial charge in [0.2, 0.25) is 5.79 Å². The fourth-order valence-corrected chi connectivity index (χ4v) is 6.09. The number of rotatable bonds is 3. The Morgan fingerprint density at radius 3 is 2.50 bits per heavy atom. The number of halogens is 3. The number of carbonyl (C=O) groups excluding carboxylic acids is 1. The number of ether oxygens (including phenoxy) is 2. The van der Waals surface area contributed by atoms with Crippen LogP contribution in [-0.2, 0) is 36.8 Å². The van der Waals surface area contributed by atoms with Crippen LogP contribution in [0.2, 0.25) is 0 Å². The van der Waals surface area contributed by atoms with Crippen LogP contribution >= 0.6 is 0 Å². The van der Waals surface area contributed by atoms with Crippen LogP contribution in [0.3, 0.4) is 0 Å². The van der Waals surface area contributed by atoms with Gasteiger partial charge in [-0.25, -0.2) is 9.78 Å². The normalized spacial score (nSPS) is 42.9. The van der Waals surface area contributed by atoms with Gasteiger partial charge in [-0.1, -0.05) is 19.1 Å². The van der Waals surface area contributed by atoms with Crippen LogP contribution < -0.4 is 5.32 Å². The molecule has 6 nitrogen and oxygen atoms in total. The van der Waals surface area contributed by atoms with Crippen LogP contribution in [0, 0.1) is 17.8 Å². The van der Waals surface area contributed by atoms with Gasteiger partial charge >= 0.3 is 6.18 Å². The van der Waals surface area contributed by atoms with Gasteiger partial charge in [-0.15, -0.1) is 0 Å². The third-order valence-electron chi connectivity index (χ3n) is 7.92. The quantitative estimate of drug-likeness (QED) is 0.688. The van der Waals surface area contributed by atoms with Crippen molar-refractivity contribution in [3.05, 3.63) is 35.4 Å². The summed E-state index contributed by atoms with van der Waals surface area (Å²) in [5, 5.41) is 2.85. The monoisotopic (exact) mass is 455 g/mol. The molecule has 1 unspecified atom stereocenters. The number of alkyl halides is 3. The smallest absolute Gasteiger partial charge is 0.350 e. The Morgan fingerprint density at radius 1 is 1.09 bits per heavy atom. The first kappa shape index (κ1) is 22.1. The van der Waals surface area contributed by atoms with Crippen LogP contribution in [0.5, 0.6) is 0 Å². The molecule has 1 spiro atoms. The van der Waals surface area contributed by atoms with E-state index >= 15 is 0 Å². The maximum absolute atomic E-state index is 13.4. The van der Waals surface area contributed by atoms with Crippen molar-refractivity contribution in [2.45, 2.75) is 82.5 Å². The van der Waals surface area contributed by atoms with Crippen LogP contribution in [0.1, 0.15) is 57.6 Å². The molecule has 1 aliphatic carbocycles. The number of benzene rings is 1. The predicted octanol–water partition coefficient (Wildman–Crippen LogP) is 4.33. The van der Waals surface area contributed by atoms with Gasteiger partial charge in [0.05, 0.1) is 5.56 Å². The Bertz CT molecular complexity index is 908. The van der Waals surface area contributed by atoms with E-state index in [9.17, 15) is 18.0 Å². The first-order valence-electron chi connectivity index (χ1n) is 11.1. The summed E-state index contributed by atoms with van der Waals surface area (Å²) in [5.74, 6) is -1.00. The zero-order chi connectivity index (χ0) is 22.9. The average molecular weight is 455 g/mol. The average Bonchev–Trinajstić information content (AvgIpc) is 2.82.